The average Bonchev–Trinajstić information content (AvgIpc) is 3.25. The number of nitrogens with zero attached hydrogens (tertiary/aromatic N) is 4. The Morgan fingerprint density at radius 1 is 1.00 bits per heavy atom. The zero-order valence-corrected chi connectivity index (χ0v) is 17.6. The number of carbonyl (C=O) groups excluding carboxylic acids is 1. The molecule has 2 atom stereocenters. The van der Waals surface area contributed by atoms with Gasteiger partial charge in [-0.25, -0.2) is 4.79 Å². The lowest BCUT2D eigenvalue weighted by Gasteiger charge is -2.19. The van der Waals surface area contributed by atoms with Crippen LogP contribution in [0.3, 0.4) is 0 Å². The van der Waals surface area contributed by atoms with E-state index in [0.29, 0.717) is 0 Å². The second kappa shape index (κ2) is 9.51. The van der Waals surface area contributed by atoms with Gasteiger partial charge >= 0.3 is 12.1 Å². The molecule has 2 aliphatic rings. The van der Waals surface area contributed by atoms with E-state index in [2.05, 4.69) is 38.4 Å². The number of benzene rings is 1. The molecule has 0 radical (unpaired) electrons. The van der Waals surface area contributed by atoms with Gasteiger partial charge in [0.15, 0.2) is 5.82 Å². The third-order valence-electron chi connectivity index (χ3n) is 5.39. The SMILES string of the molecule is CC(=O)Nc1ccc(-c2ccc(N3CC4CN(C)CC4C3)nn2)cc1.O=C(O)C(F)(F)F. The fraction of sp³-hybridized carbons (Fsp3) is 0.429. The Kier molecular flexibility index (Phi) is 6.97. The van der Waals surface area contributed by atoms with Gasteiger partial charge in [0.25, 0.3) is 0 Å². The number of nitrogens with one attached hydrogen (secondary N) is 1. The van der Waals surface area contributed by atoms with Crippen LogP contribution in [-0.4, -0.2) is 71.5 Å². The van der Waals surface area contributed by atoms with Crippen LogP contribution < -0.4 is 10.2 Å². The Bertz CT molecular complexity index is 937. The standard InChI is InChI=1S/C19H23N5O.C2HF3O2/c1-13(25)20-17-5-3-14(4-6-17)18-7-8-19(22-21-18)24-11-15-9-23(2)10-16(15)12-24;3-2(4,5)1(6)7/h3-8,15-16H,9-12H2,1-2H3,(H,20,25);(H,6,7). The highest BCUT2D eigenvalue weighted by Crippen LogP contribution is 2.32. The Morgan fingerprint density at radius 2 is 1.56 bits per heavy atom. The maximum atomic E-state index is 11.1. The number of aromatic nitrogens is 2. The molecule has 2 aliphatic heterocycles. The number of anilines is 2. The molecule has 0 spiro atoms. The topological polar surface area (TPSA) is 98.7 Å². The minimum Gasteiger partial charge on any atom is -0.475 e. The van der Waals surface area contributed by atoms with Crippen LogP contribution in [0, 0.1) is 11.8 Å². The third kappa shape index (κ3) is 5.94. The number of alkyl halides is 3. The highest BCUT2D eigenvalue weighted by Gasteiger charge is 2.39. The van der Waals surface area contributed by atoms with Gasteiger partial charge in [0.2, 0.25) is 5.91 Å². The van der Waals surface area contributed by atoms with Gasteiger partial charge in [-0.05, 0) is 43.1 Å². The van der Waals surface area contributed by atoms with E-state index >= 15 is 0 Å². The first-order chi connectivity index (χ1) is 15.0. The van der Waals surface area contributed by atoms with Gasteiger partial charge in [0.1, 0.15) is 0 Å². The molecule has 2 saturated heterocycles. The summed E-state index contributed by atoms with van der Waals surface area (Å²) in [6, 6.07) is 11.7. The minimum absolute atomic E-state index is 0.0709. The molecule has 1 amide bonds. The highest BCUT2D eigenvalue weighted by molar-refractivity contribution is 5.88. The van der Waals surface area contributed by atoms with Crippen molar-refractivity contribution in [2.45, 2.75) is 13.1 Å². The van der Waals surface area contributed by atoms with Gasteiger partial charge in [-0.2, -0.15) is 13.2 Å². The number of carboxylic acid groups (broad SMARTS) is 1. The summed E-state index contributed by atoms with van der Waals surface area (Å²) >= 11 is 0. The molecule has 172 valence electrons. The number of hydrogen-bond donors (Lipinski definition) is 2. The van der Waals surface area contributed by atoms with Crippen molar-refractivity contribution in [1.82, 2.24) is 15.1 Å². The fourth-order valence-electron chi connectivity index (χ4n) is 3.99. The number of hydrogen-bond acceptors (Lipinski definition) is 6. The molecule has 4 rings (SSSR count). The van der Waals surface area contributed by atoms with E-state index in [1.54, 1.807) is 0 Å². The van der Waals surface area contributed by atoms with E-state index in [9.17, 15) is 18.0 Å². The summed E-state index contributed by atoms with van der Waals surface area (Å²) in [6.45, 7) is 6.03. The van der Waals surface area contributed by atoms with Crippen LogP contribution in [0.25, 0.3) is 11.3 Å². The van der Waals surface area contributed by atoms with Crippen molar-refractivity contribution in [2.75, 3.05) is 43.4 Å². The van der Waals surface area contributed by atoms with Crippen molar-refractivity contribution >= 4 is 23.4 Å². The van der Waals surface area contributed by atoms with E-state index in [1.807, 2.05) is 30.3 Å². The molecular formula is C21H24F3N5O3. The first-order valence-corrected chi connectivity index (χ1v) is 9.98. The van der Waals surface area contributed by atoms with Gasteiger partial charge < -0.3 is 20.2 Å². The van der Waals surface area contributed by atoms with Gasteiger partial charge in [0, 0.05) is 44.4 Å². The first kappa shape index (κ1) is 23.5. The third-order valence-corrected chi connectivity index (χ3v) is 5.39. The number of likely N-dealkylation sites (tertiary alicyclic amines) is 1. The van der Waals surface area contributed by atoms with E-state index in [0.717, 1.165) is 47.7 Å². The van der Waals surface area contributed by atoms with Gasteiger partial charge in [-0.3, -0.25) is 4.79 Å². The Morgan fingerprint density at radius 3 is 2.00 bits per heavy atom. The highest BCUT2D eigenvalue weighted by atomic mass is 19.4. The van der Waals surface area contributed by atoms with Crippen LogP contribution in [0.4, 0.5) is 24.7 Å². The van der Waals surface area contributed by atoms with Crippen LogP contribution in [0.5, 0.6) is 0 Å². The largest absolute Gasteiger partial charge is 0.490 e. The molecule has 0 saturated carbocycles. The molecule has 2 aromatic rings. The van der Waals surface area contributed by atoms with Crippen molar-refractivity contribution < 1.29 is 27.9 Å². The minimum atomic E-state index is -5.08. The van der Waals surface area contributed by atoms with Crippen molar-refractivity contribution in [3.05, 3.63) is 36.4 Å². The zero-order valence-electron chi connectivity index (χ0n) is 17.6. The first-order valence-electron chi connectivity index (χ1n) is 9.98. The summed E-state index contributed by atoms with van der Waals surface area (Å²) in [5.41, 5.74) is 2.62. The van der Waals surface area contributed by atoms with Gasteiger partial charge in [-0.1, -0.05) is 12.1 Å². The van der Waals surface area contributed by atoms with E-state index in [4.69, 9.17) is 9.90 Å². The smallest absolute Gasteiger partial charge is 0.475 e. The molecule has 2 fully saturated rings. The summed E-state index contributed by atoms with van der Waals surface area (Å²) in [5.74, 6) is -0.345. The quantitative estimate of drug-likeness (QED) is 0.741. The molecule has 0 bridgehead atoms. The van der Waals surface area contributed by atoms with Crippen molar-refractivity contribution in [1.29, 1.82) is 0 Å². The number of rotatable bonds is 3. The molecule has 1 aromatic carbocycles. The number of fused-ring (bicyclic) bond motifs is 1. The molecule has 8 nitrogen and oxygen atoms in total. The van der Waals surface area contributed by atoms with Crippen LogP contribution in [0.1, 0.15) is 6.92 Å². The number of halogens is 3. The Labute approximate surface area is 183 Å². The van der Waals surface area contributed by atoms with Crippen LogP contribution in [0.15, 0.2) is 36.4 Å². The molecule has 0 aliphatic carbocycles. The number of aliphatic carboxylic acids is 1. The molecule has 1 aromatic heterocycles. The molecule has 32 heavy (non-hydrogen) atoms. The summed E-state index contributed by atoms with van der Waals surface area (Å²) in [4.78, 5) is 24.8. The van der Waals surface area contributed by atoms with Gasteiger partial charge in [0.05, 0.1) is 5.69 Å². The lowest BCUT2D eigenvalue weighted by molar-refractivity contribution is -0.192. The lowest BCUT2D eigenvalue weighted by atomic mass is 10.0. The molecule has 11 heteroatoms. The Hall–Kier alpha value is -3.21. The maximum absolute atomic E-state index is 11.1. The molecule has 3 heterocycles. The van der Waals surface area contributed by atoms with Crippen molar-refractivity contribution in [3.63, 3.8) is 0 Å². The second-order valence-electron chi connectivity index (χ2n) is 7.98. The van der Waals surface area contributed by atoms with Crippen LogP contribution in [0.2, 0.25) is 0 Å². The predicted octanol–water partition coefficient (Wildman–Crippen LogP) is 2.73. The number of carboxylic acids is 1. The Balaban J connectivity index is 0.000000360. The van der Waals surface area contributed by atoms with Crippen LogP contribution in [-0.2, 0) is 9.59 Å². The van der Waals surface area contributed by atoms with Crippen LogP contribution >= 0.6 is 0 Å². The summed E-state index contributed by atoms with van der Waals surface area (Å²) in [5, 5.41) is 18.7. The monoisotopic (exact) mass is 451 g/mol. The zero-order chi connectivity index (χ0) is 23.5. The van der Waals surface area contributed by atoms with E-state index < -0.39 is 12.1 Å². The number of carbonyl (C=O) groups is 2. The van der Waals surface area contributed by atoms with Crippen molar-refractivity contribution in [2.24, 2.45) is 11.8 Å². The van der Waals surface area contributed by atoms with Crippen molar-refractivity contribution in [3.8, 4) is 11.3 Å². The lowest BCUT2D eigenvalue weighted by Crippen LogP contribution is -2.27. The van der Waals surface area contributed by atoms with Gasteiger partial charge in [-0.15, -0.1) is 10.2 Å². The summed E-state index contributed by atoms with van der Waals surface area (Å²) in [6.07, 6.45) is -5.08. The second-order valence-corrected chi connectivity index (χ2v) is 7.98. The normalized spacial score (nSPS) is 20.3. The van der Waals surface area contributed by atoms with E-state index in [-0.39, 0.29) is 5.91 Å². The molecule has 2 unspecified atom stereocenters. The predicted molar refractivity (Wildman–Crippen MR) is 112 cm³/mol. The fourth-order valence-corrected chi connectivity index (χ4v) is 3.99. The maximum Gasteiger partial charge on any atom is 0.490 e. The summed E-state index contributed by atoms with van der Waals surface area (Å²) < 4.78 is 31.7. The average molecular weight is 451 g/mol. The molecular weight excluding hydrogens is 427 g/mol. The number of amides is 1. The molecule has 2 N–H and O–H groups in total. The summed E-state index contributed by atoms with van der Waals surface area (Å²) in [7, 11) is 2.20. The van der Waals surface area contributed by atoms with E-state index in [1.165, 1.54) is 20.0 Å².